The largest absolute Gasteiger partial charge is 0.493 e. The summed E-state index contributed by atoms with van der Waals surface area (Å²) in [7, 11) is 0. The number of hydrogen-bond donors (Lipinski definition) is 2. The fourth-order valence-corrected chi connectivity index (χ4v) is 1.86. The monoisotopic (exact) mass is 246 g/mol. The number of rotatable bonds is 5. The third-order valence-corrected chi connectivity index (χ3v) is 2.85. The van der Waals surface area contributed by atoms with Crippen LogP contribution in [-0.4, -0.2) is 18.6 Å². The fourth-order valence-electron chi connectivity index (χ4n) is 1.86. The minimum atomic E-state index is 0.0409. The number of carbonyl (C=O) groups excluding carboxylic acids is 1. The van der Waals surface area contributed by atoms with Gasteiger partial charge in [0.15, 0.2) is 0 Å². The number of benzene rings is 1. The van der Waals surface area contributed by atoms with Crippen molar-refractivity contribution < 1.29 is 9.53 Å². The maximum absolute atomic E-state index is 11.6. The zero-order valence-corrected chi connectivity index (χ0v) is 10.3. The third kappa shape index (κ3) is 3.80. The van der Waals surface area contributed by atoms with Gasteiger partial charge in [0.2, 0.25) is 5.91 Å². The summed E-state index contributed by atoms with van der Waals surface area (Å²) in [5, 5.41) is 2.97. The molecule has 0 fully saturated rings. The number of amides is 1. The molecule has 0 heterocycles. The van der Waals surface area contributed by atoms with E-state index in [1.54, 1.807) is 24.3 Å². The van der Waals surface area contributed by atoms with Gasteiger partial charge in [-0.2, -0.15) is 0 Å². The molecule has 1 aromatic rings. The van der Waals surface area contributed by atoms with Gasteiger partial charge >= 0.3 is 0 Å². The molecule has 3 N–H and O–H groups in total. The maximum Gasteiger partial charge on any atom is 0.223 e. The summed E-state index contributed by atoms with van der Waals surface area (Å²) in [4.78, 5) is 11.6. The maximum atomic E-state index is 11.6. The second-order valence-electron chi connectivity index (χ2n) is 4.37. The smallest absolute Gasteiger partial charge is 0.223 e. The van der Waals surface area contributed by atoms with E-state index in [2.05, 4.69) is 17.5 Å². The van der Waals surface area contributed by atoms with E-state index >= 15 is 0 Å². The fraction of sp³-hybridized carbons (Fsp3) is 0.357. The first-order valence-corrected chi connectivity index (χ1v) is 6.17. The molecular weight excluding hydrogens is 228 g/mol. The Bertz CT molecular complexity index is 418. The molecule has 1 aliphatic carbocycles. The lowest BCUT2D eigenvalue weighted by molar-refractivity contribution is -0.122. The Labute approximate surface area is 107 Å². The van der Waals surface area contributed by atoms with Crippen LogP contribution in [0.5, 0.6) is 5.75 Å². The van der Waals surface area contributed by atoms with E-state index in [1.807, 2.05) is 0 Å². The zero-order valence-electron chi connectivity index (χ0n) is 10.3. The number of hydrogen-bond acceptors (Lipinski definition) is 3. The highest BCUT2D eigenvalue weighted by atomic mass is 16.5. The van der Waals surface area contributed by atoms with Gasteiger partial charge in [0.1, 0.15) is 5.75 Å². The molecule has 0 unspecified atom stereocenters. The van der Waals surface area contributed by atoms with E-state index in [9.17, 15) is 4.79 Å². The van der Waals surface area contributed by atoms with Crippen molar-refractivity contribution in [3.63, 3.8) is 0 Å². The van der Waals surface area contributed by atoms with Gasteiger partial charge in [0.05, 0.1) is 13.0 Å². The summed E-state index contributed by atoms with van der Waals surface area (Å²) in [5.41, 5.74) is 6.27. The SMILES string of the molecule is Nc1ccc(OCCC(=O)NC2CC=CC2)cc1. The van der Waals surface area contributed by atoms with Crippen molar-refractivity contribution in [3.8, 4) is 5.75 Å². The van der Waals surface area contributed by atoms with Crippen molar-refractivity contribution in [2.24, 2.45) is 0 Å². The average molecular weight is 246 g/mol. The highest BCUT2D eigenvalue weighted by Crippen LogP contribution is 2.13. The first kappa shape index (κ1) is 12.5. The van der Waals surface area contributed by atoms with Crippen molar-refractivity contribution in [3.05, 3.63) is 36.4 Å². The lowest BCUT2D eigenvalue weighted by atomic mass is 10.2. The molecule has 1 aliphatic rings. The van der Waals surface area contributed by atoms with Crippen LogP contribution in [0, 0.1) is 0 Å². The van der Waals surface area contributed by atoms with E-state index in [4.69, 9.17) is 10.5 Å². The van der Waals surface area contributed by atoms with Crippen molar-refractivity contribution in [2.45, 2.75) is 25.3 Å². The highest BCUT2D eigenvalue weighted by Gasteiger charge is 2.12. The molecular formula is C14H18N2O2. The first-order chi connectivity index (χ1) is 8.74. The van der Waals surface area contributed by atoms with E-state index in [-0.39, 0.29) is 11.9 Å². The Hall–Kier alpha value is -1.97. The van der Waals surface area contributed by atoms with Gasteiger partial charge in [-0.1, -0.05) is 12.2 Å². The van der Waals surface area contributed by atoms with Gasteiger partial charge in [-0.15, -0.1) is 0 Å². The molecule has 0 atom stereocenters. The molecule has 1 aromatic carbocycles. The van der Waals surface area contributed by atoms with Crippen molar-refractivity contribution in [1.82, 2.24) is 5.32 Å². The predicted molar refractivity (Wildman–Crippen MR) is 71.3 cm³/mol. The second kappa shape index (κ2) is 6.10. The Morgan fingerprint density at radius 3 is 2.61 bits per heavy atom. The van der Waals surface area contributed by atoms with Gasteiger partial charge in [0.25, 0.3) is 0 Å². The minimum Gasteiger partial charge on any atom is -0.493 e. The number of carbonyl (C=O) groups is 1. The molecule has 0 saturated carbocycles. The summed E-state index contributed by atoms with van der Waals surface area (Å²) in [6.45, 7) is 0.385. The normalized spacial score (nSPS) is 14.7. The lowest BCUT2D eigenvalue weighted by Crippen LogP contribution is -2.33. The van der Waals surface area contributed by atoms with Crippen LogP contribution in [-0.2, 0) is 4.79 Å². The molecule has 4 heteroatoms. The third-order valence-electron chi connectivity index (χ3n) is 2.85. The molecule has 1 amide bonds. The van der Waals surface area contributed by atoms with Crippen LogP contribution < -0.4 is 15.8 Å². The van der Waals surface area contributed by atoms with Gasteiger partial charge in [-0.05, 0) is 37.1 Å². The Morgan fingerprint density at radius 2 is 1.94 bits per heavy atom. The van der Waals surface area contributed by atoms with Crippen LogP contribution in [0.4, 0.5) is 5.69 Å². The highest BCUT2D eigenvalue weighted by molar-refractivity contribution is 5.76. The van der Waals surface area contributed by atoms with Gasteiger partial charge in [0, 0.05) is 11.7 Å². The van der Waals surface area contributed by atoms with Crippen molar-refractivity contribution in [1.29, 1.82) is 0 Å². The molecule has 0 saturated heterocycles. The summed E-state index contributed by atoms with van der Waals surface area (Å²) >= 11 is 0. The molecule has 0 bridgehead atoms. The molecule has 2 rings (SSSR count). The van der Waals surface area contributed by atoms with Gasteiger partial charge < -0.3 is 15.8 Å². The topological polar surface area (TPSA) is 64.3 Å². The summed E-state index contributed by atoms with van der Waals surface area (Å²) in [5.74, 6) is 0.777. The van der Waals surface area contributed by atoms with E-state index in [0.29, 0.717) is 18.7 Å². The van der Waals surface area contributed by atoms with Crippen LogP contribution in [0.1, 0.15) is 19.3 Å². The first-order valence-electron chi connectivity index (χ1n) is 6.17. The quantitative estimate of drug-likeness (QED) is 0.616. The van der Waals surface area contributed by atoms with Crippen LogP contribution >= 0.6 is 0 Å². The molecule has 0 radical (unpaired) electrons. The summed E-state index contributed by atoms with van der Waals surface area (Å²) < 4.78 is 5.46. The number of ether oxygens (including phenoxy) is 1. The Morgan fingerprint density at radius 1 is 1.28 bits per heavy atom. The van der Waals surface area contributed by atoms with Crippen LogP contribution in [0.25, 0.3) is 0 Å². The second-order valence-corrected chi connectivity index (χ2v) is 4.37. The number of anilines is 1. The minimum absolute atomic E-state index is 0.0409. The van der Waals surface area contributed by atoms with E-state index < -0.39 is 0 Å². The Balaban J connectivity index is 1.65. The average Bonchev–Trinajstić information content (AvgIpc) is 2.84. The van der Waals surface area contributed by atoms with Crippen LogP contribution in [0.2, 0.25) is 0 Å². The van der Waals surface area contributed by atoms with E-state index in [1.165, 1.54) is 0 Å². The summed E-state index contributed by atoms with van der Waals surface area (Å²) in [6.07, 6.45) is 6.43. The lowest BCUT2D eigenvalue weighted by Gasteiger charge is -2.12. The Kier molecular flexibility index (Phi) is 4.23. The predicted octanol–water partition coefficient (Wildman–Crippen LogP) is 1.87. The van der Waals surface area contributed by atoms with Gasteiger partial charge in [-0.3, -0.25) is 4.79 Å². The van der Waals surface area contributed by atoms with Crippen molar-refractivity contribution >= 4 is 11.6 Å². The molecule has 0 spiro atoms. The standard InChI is InChI=1S/C14H18N2O2/c15-11-5-7-13(8-6-11)18-10-9-14(17)16-12-3-1-2-4-12/h1-2,5-8,12H,3-4,9-10,15H2,(H,16,17). The summed E-state index contributed by atoms with van der Waals surface area (Å²) in [6, 6.07) is 7.43. The molecule has 18 heavy (non-hydrogen) atoms. The molecule has 0 aliphatic heterocycles. The number of nitrogens with one attached hydrogen (secondary N) is 1. The van der Waals surface area contributed by atoms with Crippen LogP contribution in [0.3, 0.4) is 0 Å². The van der Waals surface area contributed by atoms with E-state index in [0.717, 1.165) is 18.6 Å². The molecule has 0 aromatic heterocycles. The number of nitrogen functional groups attached to an aromatic ring is 1. The van der Waals surface area contributed by atoms with Crippen molar-refractivity contribution in [2.75, 3.05) is 12.3 Å². The molecule has 96 valence electrons. The number of nitrogens with two attached hydrogens (primary N) is 1. The molecule has 4 nitrogen and oxygen atoms in total. The zero-order chi connectivity index (χ0) is 12.8. The van der Waals surface area contributed by atoms with Crippen LogP contribution in [0.15, 0.2) is 36.4 Å². The van der Waals surface area contributed by atoms with Gasteiger partial charge in [-0.25, -0.2) is 0 Å².